The number of nitrogens with one attached hydrogen (secondary N) is 2. The number of benzene rings is 4. The Morgan fingerprint density at radius 1 is 0.809 bits per heavy atom. The lowest BCUT2D eigenvalue weighted by atomic mass is 9.92. The van der Waals surface area contributed by atoms with Gasteiger partial charge in [-0.2, -0.15) is 0 Å². The Kier molecular flexibility index (Phi) is 9.87. The van der Waals surface area contributed by atoms with Crippen molar-refractivity contribution in [1.82, 2.24) is 15.5 Å². The van der Waals surface area contributed by atoms with Crippen LogP contribution in [0.5, 0.6) is 0 Å². The topological polar surface area (TPSA) is 90.9 Å². The van der Waals surface area contributed by atoms with E-state index in [9.17, 15) is 14.4 Å². The second kappa shape index (κ2) is 14.4. The lowest BCUT2D eigenvalue weighted by molar-refractivity contribution is -0.132. The van der Waals surface area contributed by atoms with E-state index in [0.29, 0.717) is 41.1 Å². The number of carbonyl (C=O) groups is 3. The van der Waals surface area contributed by atoms with Crippen molar-refractivity contribution in [3.8, 4) is 11.1 Å². The highest BCUT2D eigenvalue weighted by molar-refractivity contribution is 8.14. The van der Waals surface area contributed by atoms with Crippen molar-refractivity contribution in [1.29, 1.82) is 0 Å². The van der Waals surface area contributed by atoms with Crippen molar-refractivity contribution in [2.45, 2.75) is 51.6 Å². The Hall–Kier alpha value is -4.69. The molecule has 2 aliphatic heterocycles. The number of hydrogen-bond donors (Lipinski definition) is 2. The lowest BCUT2D eigenvalue weighted by Gasteiger charge is -2.24. The third-order valence-corrected chi connectivity index (χ3v) is 9.85. The van der Waals surface area contributed by atoms with Gasteiger partial charge in [0.25, 0.3) is 11.8 Å². The van der Waals surface area contributed by atoms with E-state index >= 15 is 0 Å². The summed E-state index contributed by atoms with van der Waals surface area (Å²) in [5.41, 5.74) is 7.03. The van der Waals surface area contributed by atoms with Gasteiger partial charge in [0.15, 0.2) is 5.17 Å². The molecule has 0 aromatic heterocycles. The molecule has 3 amide bonds. The molecule has 2 aliphatic rings. The minimum Gasteiger partial charge on any atom is -0.341 e. The average Bonchev–Trinajstić information content (AvgIpc) is 3.81. The number of carbonyl (C=O) groups excluding carboxylic acids is 3. The van der Waals surface area contributed by atoms with Crippen LogP contribution in [0.2, 0.25) is 0 Å². The van der Waals surface area contributed by atoms with Crippen molar-refractivity contribution in [2.75, 3.05) is 18.8 Å². The largest absolute Gasteiger partial charge is 0.341 e. The smallest absolute Gasteiger partial charge is 0.257 e. The molecule has 0 aliphatic carbocycles. The maximum atomic E-state index is 13.5. The minimum absolute atomic E-state index is 0.0765. The quantitative estimate of drug-likeness (QED) is 0.209. The highest BCUT2D eigenvalue weighted by Crippen LogP contribution is 2.32. The molecule has 1 unspecified atom stereocenters. The minimum atomic E-state index is -0.739. The molecule has 7 nitrogen and oxygen atoms in total. The van der Waals surface area contributed by atoms with Gasteiger partial charge in [0.05, 0.1) is 6.04 Å². The van der Waals surface area contributed by atoms with Gasteiger partial charge < -0.3 is 15.5 Å². The van der Waals surface area contributed by atoms with E-state index in [4.69, 9.17) is 4.99 Å². The monoisotopic (exact) mass is 644 g/mol. The SMILES string of the molecule is Cc1cccc(C(=O)NC2=NC(c3ccc(C(=O)N[C@H](C(=O)N4CCCC4)c4ccccc4)cc3)CS2)c1-c1ccc(C(C)C)cc1. The fourth-order valence-corrected chi connectivity index (χ4v) is 7.13. The van der Waals surface area contributed by atoms with Crippen LogP contribution in [0.1, 0.15) is 87.7 Å². The third kappa shape index (κ3) is 7.33. The van der Waals surface area contributed by atoms with E-state index in [1.165, 1.54) is 17.3 Å². The first-order chi connectivity index (χ1) is 22.8. The Balaban J connectivity index is 1.13. The first kappa shape index (κ1) is 32.3. The van der Waals surface area contributed by atoms with Crippen LogP contribution in [0.4, 0.5) is 0 Å². The van der Waals surface area contributed by atoms with Gasteiger partial charge >= 0.3 is 0 Å². The van der Waals surface area contributed by atoms with E-state index in [-0.39, 0.29) is 23.8 Å². The standard InChI is InChI=1S/C39H40N4O3S/c1-25(2)27-14-18-29(19-15-27)34-26(3)10-9-13-32(34)37(45)42-39-40-33(24-47-39)28-16-20-31(21-17-28)36(44)41-35(30-11-5-4-6-12-30)38(46)43-22-7-8-23-43/h4-6,9-21,25,33,35H,7-8,22-24H2,1-3H3,(H,41,44)(H,40,42,45)/t33?,35-/m0/s1. The summed E-state index contributed by atoms with van der Waals surface area (Å²) >= 11 is 1.51. The molecule has 0 bridgehead atoms. The summed E-state index contributed by atoms with van der Waals surface area (Å²) in [7, 11) is 0. The van der Waals surface area contributed by atoms with Crippen molar-refractivity contribution < 1.29 is 14.4 Å². The molecule has 2 heterocycles. The lowest BCUT2D eigenvalue weighted by Crippen LogP contribution is -2.41. The number of aliphatic imine (C=N–C) groups is 1. The van der Waals surface area contributed by atoms with E-state index in [0.717, 1.165) is 40.7 Å². The number of likely N-dealkylation sites (tertiary alicyclic amines) is 1. The van der Waals surface area contributed by atoms with Gasteiger partial charge in [-0.25, -0.2) is 0 Å². The second-order valence-electron chi connectivity index (χ2n) is 12.5. The molecule has 4 aromatic rings. The Bertz CT molecular complexity index is 1780. The molecule has 0 spiro atoms. The molecule has 1 fully saturated rings. The Labute approximate surface area is 280 Å². The highest BCUT2D eigenvalue weighted by Gasteiger charge is 2.30. The van der Waals surface area contributed by atoms with Gasteiger partial charge in [-0.15, -0.1) is 0 Å². The second-order valence-corrected chi connectivity index (χ2v) is 13.5. The maximum Gasteiger partial charge on any atom is 0.257 e. The van der Waals surface area contributed by atoms with Crippen LogP contribution in [0.3, 0.4) is 0 Å². The number of amidine groups is 1. The van der Waals surface area contributed by atoms with Gasteiger partial charge in [-0.3, -0.25) is 19.4 Å². The van der Waals surface area contributed by atoms with Crippen LogP contribution >= 0.6 is 11.8 Å². The summed E-state index contributed by atoms with van der Waals surface area (Å²) in [5.74, 6) is 0.547. The van der Waals surface area contributed by atoms with Crippen molar-refractivity contribution in [2.24, 2.45) is 4.99 Å². The molecule has 8 heteroatoms. The van der Waals surface area contributed by atoms with Crippen molar-refractivity contribution >= 4 is 34.7 Å². The molecular weight excluding hydrogens is 605 g/mol. The van der Waals surface area contributed by atoms with Crippen molar-refractivity contribution in [3.63, 3.8) is 0 Å². The van der Waals surface area contributed by atoms with Gasteiger partial charge in [0.2, 0.25) is 5.91 Å². The summed E-state index contributed by atoms with van der Waals surface area (Å²) in [6, 6.07) is 30.1. The number of amides is 3. The van der Waals surface area contributed by atoms with Gasteiger partial charge in [0.1, 0.15) is 6.04 Å². The molecule has 1 saturated heterocycles. The summed E-state index contributed by atoms with van der Waals surface area (Å²) in [5, 5.41) is 6.59. The summed E-state index contributed by atoms with van der Waals surface area (Å²) in [6.45, 7) is 7.79. The van der Waals surface area contributed by atoms with Gasteiger partial charge in [0, 0.05) is 30.0 Å². The van der Waals surface area contributed by atoms with Crippen molar-refractivity contribution in [3.05, 3.63) is 130 Å². The molecule has 0 radical (unpaired) electrons. The number of aryl methyl sites for hydroxylation is 1. The Morgan fingerprint density at radius 3 is 2.19 bits per heavy atom. The number of thioether (sulfide) groups is 1. The molecule has 47 heavy (non-hydrogen) atoms. The Morgan fingerprint density at radius 2 is 1.51 bits per heavy atom. The van der Waals surface area contributed by atoms with Crippen LogP contribution < -0.4 is 10.6 Å². The zero-order valence-corrected chi connectivity index (χ0v) is 27.8. The fraction of sp³-hybridized carbons (Fsp3) is 0.282. The molecule has 240 valence electrons. The van der Waals surface area contributed by atoms with Crippen LogP contribution in [-0.2, 0) is 4.79 Å². The first-order valence-corrected chi connectivity index (χ1v) is 17.2. The van der Waals surface area contributed by atoms with E-state index in [1.54, 1.807) is 12.1 Å². The van der Waals surface area contributed by atoms with Crippen LogP contribution in [-0.4, -0.2) is 46.6 Å². The average molecular weight is 645 g/mol. The predicted octanol–water partition coefficient (Wildman–Crippen LogP) is 7.45. The maximum absolute atomic E-state index is 13.5. The summed E-state index contributed by atoms with van der Waals surface area (Å²) in [6.07, 6.45) is 1.96. The molecule has 2 atom stereocenters. The molecule has 0 saturated carbocycles. The zero-order chi connectivity index (χ0) is 32.9. The first-order valence-electron chi connectivity index (χ1n) is 16.2. The van der Waals surface area contributed by atoms with Crippen LogP contribution in [0, 0.1) is 6.92 Å². The number of nitrogens with zero attached hydrogens (tertiary/aromatic N) is 2. The third-order valence-electron chi connectivity index (χ3n) is 8.89. The number of hydrogen-bond acceptors (Lipinski definition) is 5. The van der Waals surface area contributed by atoms with Gasteiger partial charge in [-0.05, 0) is 77.3 Å². The fourth-order valence-electron chi connectivity index (χ4n) is 6.18. The van der Waals surface area contributed by atoms with E-state index in [1.807, 2.05) is 72.5 Å². The van der Waals surface area contributed by atoms with Crippen LogP contribution in [0.25, 0.3) is 11.1 Å². The van der Waals surface area contributed by atoms with Crippen LogP contribution in [0.15, 0.2) is 102 Å². The highest BCUT2D eigenvalue weighted by atomic mass is 32.2. The predicted molar refractivity (Wildman–Crippen MR) is 190 cm³/mol. The normalized spacial score (nSPS) is 16.6. The summed E-state index contributed by atoms with van der Waals surface area (Å²) in [4.78, 5) is 46.8. The molecule has 2 N–H and O–H groups in total. The molecule has 6 rings (SSSR count). The summed E-state index contributed by atoms with van der Waals surface area (Å²) < 4.78 is 0. The van der Waals surface area contributed by atoms with Gasteiger partial charge in [-0.1, -0.05) is 104 Å². The molecule has 4 aromatic carbocycles. The number of rotatable bonds is 8. The molecular formula is C39H40N4O3S. The zero-order valence-electron chi connectivity index (χ0n) is 27.0. The van der Waals surface area contributed by atoms with E-state index < -0.39 is 6.04 Å². The van der Waals surface area contributed by atoms with E-state index in [2.05, 4.69) is 48.7 Å².